The number of carboxylic acid groups (broad SMARTS) is 1. The van der Waals surface area contributed by atoms with Crippen LogP contribution in [0.3, 0.4) is 0 Å². The summed E-state index contributed by atoms with van der Waals surface area (Å²) in [7, 11) is -4.39. The number of halogens is 2. The SMILES string of the molecule is O=C(O)CC(NC(=O)C1N(C(=O)c2ccncc2)CCN1S(=O)(=O)c1ccc(F)cc1)c1ccc(F)cc1. The standard InChI is InChI=1S/C25H22F2N4O6S/c26-18-3-1-16(2-4-18)21(15-22(32)33)29-23(34)24-30(25(35)17-9-11-28-12-10-17)13-14-31(24)38(36,37)20-7-5-19(27)6-8-20/h1-12,21,24H,13-15H2,(H,29,34)(H,32,33). The average molecular weight is 545 g/mol. The number of benzene rings is 2. The molecule has 2 N–H and O–H groups in total. The Kier molecular flexibility index (Phi) is 7.78. The maximum absolute atomic E-state index is 13.6. The second-order valence-corrected chi connectivity index (χ2v) is 10.3. The molecule has 13 heteroatoms. The monoisotopic (exact) mass is 544 g/mol. The van der Waals surface area contributed by atoms with E-state index in [4.69, 9.17) is 0 Å². The lowest BCUT2D eigenvalue weighted by Crippen LogP contribution is -2.54. The van der Waals surface area contributed by atoms with E-state index in [9.17, 15) is 36.7 Å². The maximum Gasteiger partial charge on any atom is 0.305 e. The van der Waals surface area contributed by atoms with Crippen LogP contribution >= 0.6 is 0 Å². The Labute approximate surface area is 216 Å². The van der Waals surface area contributed by atoms with E-state index in [1.807, 2.05) is 0 Å². The summed E-state index contributed by atoms with van der Waals surface area (Å²) < 4.78 is 54.6. The Morgan fingerprint density at radius 1 is 0.947 bits per heavy atom. The van der Waals surface area contributed by atoms with E-state index < -0.39 is 58.1 Å². The highest BCUT2D eigenvalue weighted by atomic mass is 32.2. The van der Waals surface area contributed by atoms with Crippen molar-refractivity contribution in [1.29, 1.82) is 0 Å². The van der Waals surface area contributed by atoms with E-state index >= 15 is 0 Å². The number of carbonyl (C=O) groups excluding carboxylic acids is 2. The van der Waals surface area contributed by atoms with Gasteiger partial charge in [-0.1, -0.05) is 12.1 Å². The van der Waals surface area contributed by atoms with Crippen molar-refractivity contribution in [3.8, 4) is 0 Å². The number of aliphatic carboxylic acids is 1. The fourth-order valence-electron chi connectivity index (χ4n) is 4.11. The largest absolute Gasteiger partial charge is 0.481 e. The molecule has 0 radical (unpaired) electrons. The van der Waals surface area contributed by atoms with Gasteiger partial charge in [-0.3, -0.25) is 19.4 Å². The first kappa shape index (κ1) is 26.8. The van der Waals surface area contributed by atoms with Gasteiger partial charge in [0.05, 0.1) is 17.4 Å². The van der Waals surface area contributed by atoms with E-state index in [2.05, 4.69) is 10.3 Å². The van der Waals surface area contributed by atoms with Crippen molar-refractivity contribution in [1.82, 2.24) is 19.5 Å². The second-order valence-electron chi connectivity index (χ2n) is 8.39. The van der Waals surface area contributed by atoms with Crippen LogP contribution in [0.4, 0.5) is 8.78 Å². The summed E-state index contributed by atoms with van der Waals surface area (Å²) >= 11 is 0. The molecule has 2 aromatic carbocycles. The number of rotatable bonds is 8. The Balaban J connectivity index is 1.72. The van der Waals surface area contributed by atoms with Crippen molar-refractivity contribution in [2.45, 2.75) is 23.5 Å². The van der Waals surface area contributed by atoms with Gasteiger partial charge < -0.3 is 15.3 Å². The number of amides is 2. The zero-order valence-electron chi connectivity index (χ0n) is 19.7. The smallest absolute Gasteiger partial charge is 0.305 e. The normalized spacial score (nSPS) is 16.7. The molecule has 0 saturated carbocycles. The number of pyridine rings is 1. The molecular formula is C25H22F2N4O6S. The van der Waals surface area contributed by atoms with Crippen molar-refractivity contribution in [2.24, 2.45) is 0 Å². The van der Waals surface area contributed by atoms with Gasteiger partial charge in [-0.05, 0) is 54.1 Å². The predicted molar refractivity (Wildman–Crippen MR) is 129 cm³/mol. The molecular weight excluding hydrogens is 522 g/mol. The van der Waals surface area contributed by atoms with Crippen LogP contribution in [0.5, 0.6) is 0 Å². The Bertz CT molecular complexity index is 1440. The van der Waals surface area contributed by atoms with Gasteiger partial charge in [0.25, 0.3) is 11.8 Å². The first-order valence-corrected chi connectivity index (χ1v) is 12.8. The quantitative estimate of drug-likeness (QED) is 0.443. The van der Waals surface area contributed by atoms with Gasteiger partial charge in [0.15, 0.2) is 6.17 Å². The van der Waals surface area contributed by atoms with E-state index in [0.29, 0.717) is 0 Å². The number of nitrogens with zero attached hydrogens (tertiary/aromatic N) is 3. The molecule has 2 atom stereocenters. The molecule has 1 saturated heterocycles. The molecule has 1 aliphatic rings. The topological polar surface area (TPSA) is 137 Å². The van der Waals surface area contributed by atoms with Crippen molar-refractivity contribution in [2.75, 3.05) is 13.1 Å². The molecule has 3 aromatic rings. The van der Waals surface area contributed by atoms with Gasteiger partial charge in [0.1, 0.15) is 11.6 Å². The van der Waals surface area contributed by atoms with Crippen LogP contribution in [0.1, 0.15) is 28.4 Å². The lowest BCUT2D eigenvalue weighted by atomic mass is 10.0. The molecule has 10 nitrogen and oxygen atoms in total. The summed E-state index contributed by atoms with van der Waals surface area (Å²) in [5.74, 6) is -4.13. The van der Waals surface area contributed by atoms with Gasteiger partial charge >= 0.3 is 5.97 Å². The third kappa shape index (κ3) is 5.68. The van der Waals surface area contributed by atoms with Gasteiger partial charge in [0.2, 0.25) is 10.0 Å². The zero-order valence-corrected chi connectivity index (χ0v) is 20.5. The molecule has 0 aliphatic carbocycles. The fourth-order valence-corrected chi connectivity index (χ4v) is 5.66. The van der Waals surface area contributed by atoms with Crippen LogP contribution in [-0.2, 0) is 19.6 Å². The number of hydrogen-bond donors (Lipinski definition) is 2. The second kappa shape index (κ2) is 11.0. The minimum Gasteiger partial charge on any atom is -0.481 e. The number of carboxylic acids is 1. The van der Waals surface area contributed by atoms with Crippen LogP contribution in [0.25, 0.3) is 0 Å². The summed E-state index contributed by atoms with van der Waals surface area (Å²) in [4.78, 5) is 43.0. The van der Waals surface area contributed by atoms with Gasteiger partial charge in [0, 0.05) is 31.0 Å². The minimum absolute atomic E-state index is 0.152. The fraction of sp³-hybridized carbons (Fsp3) is 0.200. The van der Waals surface area contributed by atoms with E-state index in [0.717, 1.165) is 45.6 Å². The van der Waals surface area contributed by atoms with Crippen molar-refractivity contribution >= 4 is 27.8 Å². The van der Waals surface area contributed by atoms with Gasteiger partial charge in [-0.15, -0.1) is 0 Å². The molecule has 38 heavy (non-hydrogen) atoms. The third-order valence-corrected chi connectivity index (χ3v) is 7.81. The summed E-state index contributed by atoms with van der Waals surface area (Å²) in [6, 6.07) is 10.4. The van der Waals surface area contributed by atoms with Crippen molar-refractivity contribution in [3.63, 3.8) is 0 Å². The Morgan fingerprint density at radius 2 is 1.53 bits per heavy atom. The molecule has 1 aromatic heterocycles. The molecule has 2 heterocycles. The van der Waals surface area contributed by atoms with Crippen LogP contribution in [-0.4, -0.2) is 64.8 Å². The van der Waals surface area contributed by atoms with Gasteiger partial charge in [-0.25, -0.2) is 17.2 Å². The Hall–Kier alpha value is -4.23. The number of nitrogens with one attached hydrogen (secondary N) is 1. The molecule has 1 aliphatic heterocycles. The molecule has 198 valence electrons. The number of carbonyl (C=O) groups is 3. The van der Waals surface area contributed by atoms with E-state index in [-0.39, 0.29) is 29.1 Å². The lowest BCUT2D eigenvalue weighted by Gasteiger charge is -2.30. The van der Waals surface area contributed by atoms with Crippen molar-refractivity contribution < 1.29 is 36.7 Å². The zero-order chi connectivity index (χ0) is 27.4. The summed E-state index contributed by atoms with van der Waals surface area (Å²) in [5, 5.41) is 11.9. The minimum atomic E-state index is -4.39. The van der Waals surface area contributed by atoms with E-state index in [1.54, 1.807) is 0 Å². The molecule has 2 unspecified atom stereocenters. The summed E-state index contributed by atoms with van der Waals surface area (Å²) in [6.07, 6.45) is 0.446. The first-order chi connectivity index (χ1) is 18.1. The third-order valence-electron chi connectivity index (χ3n) is 5.94. The predicted octanol–water partition coefficient (Wildman–Crippen LogP) is 2.16. The summed E-state index contributed by atoms with van der Waals surface area (Å²) in [6.45, 7) is -0.408. The average Bonchev–Trinajstić information content (AvgIpc) is 3.35. The Morgan fingerprint density at radius 3 is 2.11 bits per heavy atom. The van der Waals surface area contributed by atoms with Gasteiger partial charge in [-0.2, -0.15) is 4.31 Å². The number of hydrogen-bond acceptors (Lipinski definition) is 6. The van der Waals surface area contributed by atoms with Crippen molar-refractivity contribution in [3.05, 3.63) is 95.8 Å². The molecule has 0 bridgehead atoms. The van der Waals surface area contributed by atoms with Crippen LogP contribution in [0.2, 0.25) is 0 Å². The highest BCUT2D eigenvalue weighted by molar-refractivity contribution is 7.89. The molecule has 2 amide bonds. The highest BCUT2D eigenvalue weighted by Crippen LogP contribution is 2.27. The molecule has 0 spiro atoms. The highest BCUT2D eigenvalue weighted by Gasteiger charge is 2.47. The van der Waals surface area contributed by atoms with Crippen LogP contribution in [0.15, 0.2) is 78.0 Å². The first-order valence-electron chi connectivity index (χ1n) is 11.3. The molecule has 1 fully saturated rings. The molecule has 4 rings (SSSR count). The lowest BCUT2D eigenvalue weighted by molar-refractivity contribution is -0.138. The van der Waals surface area contributed by atoms with Crippen LogP contribution in [0, 0.1) is 11.6 Å². The van der Waals surface area contributed by atoms with E-state index in [1.165, 1.54) is 36.7 Å². The number of sulfonamides is 1. The van der Waals surface area contributed by atoms with Crippen LogP contribution < -0.4 is 5.32 Å². The number of aromatic nitrogens is 1. The summed E-state index contributed by atoms with van der Waals surface area (Å²) in [5.41, 5.74) is 0.416. The maximum atomic E-state index is 13.6.